The van der Waals surface area contributed by atoms with Gasteiger partial charge in [-0.15, -0.1) is 0 Å². The smallest absolute Gasteiger partial charge is 0.135 e. The van der Waals surface area contributed by atoms with E-state index in [9.17, 15) is 4.79 Å². The molecule has 1 saturated heterocycles. The monoisotopic (exact) mass is 182 g/mol. The highest BCUT2D eigenvalue weighted by Gasteiger charge is 2.45. The van der Waals surface area contributed by atoms with Crippen LogP contribution in [0.15, 0.2) is 0 Å². The van der Waals surface area contributed by atoms with Gasteiger partial charge in [0.2, 0.25) is 0 Å². The van der Waals surface area contributed by atoms with Gasteiger partial charge >= 0.3 is 0 Å². The number of ketones is 1. The van der Waals surface area contributed by atoms with E-state index in [2.05, 4.69) is 0 Å². The molecule has 13 heavy (non-hydrogen) atoms. The second-order valence-electron chi connectivity index (χ2n) is 4.46. The first kappa shape index (κ1) is 9.20. The van der Waals surface area contributed by atoms with Crippen LogP contribution in [-0.2, 0) is 9.53 Å². The summed E-state index contributed by atoms with van der Waals surface area (Å²) < 4.78 is 5.82. The lowest BCUT2D eigenvalue weighted by atomic mass is 9.77. The third-order valence-corrected chi connectivity index (χ3v) is 3.58. The zero-order valence-electron chi connectivity index (χ0n) is 8.45. The zero-order chi connectivity index (χ0) is 9.42. The maximum absolute atomic E-state index is 11.4. The molecule has 0 aromatic rings. The minimum atomic E-state index is 0.158. The summed E-state index contributed by atoms with van der Waals surface area (Å²) >= 11 is 0. The highest BCUT2D eigenvalue weighted by molar-refractivity contribution is 5.79. The fourth-order valence-corrected chi connectivity index (χ4v) is 3.05. The normalized spacial score (nSPS) is 44.5. The number of carbonyl (C=O) groups is 1. The van der Waals surface area contributed by atoms with Crippen molar-refractivity contribution >= 4 is 5.78 Å². The van der Waals surface area contributed by atoms with Crippen LogP contribution in [0.25, 0.3) is 0 Å². The van der Waals surface area contributed by atoms with Crippen LogP contribution in [0, 0.1) is 11.8 Å². The van der Waals surface area contributed by atoms with Crippen LogP contribution in [0.3, 0.4) is 0 Å². The number of Topliss-reactive ketones (excluding diaryl/α,β-unsaturated/α-hetero) is 1. The first-order valence-corrected chi connectivity index (χ1v) is 5.36. The Morgan fingerprint density at radius 1 is 1.31 bits per heavy atom. The number of fused-ring (bicyclic) bond motifs is 1. The maximum Gasteiger partial charge on any atom is 0.135 e. The summed E-state index contributed by atoms with van der Waals surface area (Å²) in [6, 6.07) is 0. The molecule has 2 fully saturated rings. The van der Waals surface area contributed by atoms with Crippen LogP contribution in [0.5, 0.6) is 0 Å². The third-order valence-electron chi connectivity index (χ3n) is 3.58. The Balaban J connectivity index is 2.13. The van der Waals surface area contributed by atoms with E-state index >= 15 is 0 Å². The van der Waals surface area contributed by atoms with Crippen molar-refractivity contribution in [2.75, 3.05) is 0 Å². The molecule has 74 valence electrons. The molecule has 0 spiro atoms. The van der Waals surface area contributed by atoms with Gasteiger partial charge in [-0.2, -0.15) is 0 Å². The highest BCUT2D eigenvalue weighted by Crippen LogP contribution is 2.41. The molecule has 1 aliphatic carbocycles. The third kappa shape index (κ3) is 1.52. The Hall–Kier alpha value is -0.370. The molecule has 1 saturated carbocycles. The molecule has 0 amide bonds. The molecule has 2 rings (SSSR count). The van der Waals surface area contributed by atoms with Crippen LogP contribution < -0.4 is 0 Å². The summed E-state index contributed by atoms with van der Waals surface area (Å²) in [7, 11) is 0. The second kappa shape index (κ2) is 3.41. The van der Waals surface area contributed by atoms with Crippen molar-refractivity contribution in [3.8, 4) is 0 Å². The summed E-state index contributed by atoms with van der Waals surface area (Å²) in [4.78, 5) is 11.4. The average molecular weight is 182 g/mol. The van der Waals surface area contributed by atoms with Gasteiger partial charge in [0.05, 0.1) is 12.2 Å². The van der Waals surface area contributed by atoms with Crippen LogP contribution in [0.1, 0.15) is 39.5 Å². The van der Waals surface area contributed by atoms with Crippen molar-refractivity contribution in [1.29, 1.82) is 0 Å². The molecule has 1 heterocycles. The fraction of sp³-hybridized carbons (Fsp3) is 0.909. The Morgan fingerprint density at radius 3 is 2.69 bits per heavy atom. The summed E-state index contributed by atoms with van der Waals surface area (Å²) in [5.74, 6) is 1.04. The first-order chi connectivity index (χ1) is 6.20. The molecule has 2 nitrogen and oxygen atoms in total. The molecule has 0 bridgehead atoms. The van der Waals surface area contributed by atoms with Crippen molar-refractivity contribution in [3.63, 3.8) is 0 Å². The molecule has 1 aliphatic heterocycles. The molecular weight excluding hydrogens is 164 g/mol. The van der Waals surface area contributed by atoms with E-state index < -0.39 is 0 Å². The summed E-state index contributed by atoms with van der Waals surface area (Å²) in [6.07, 6.45) is 5.46. The molecule has 2 aliphatic rings. The lowest BCUT2D eigenvalue weighted by Crippen LogP contribution is -2.29. The standard InChI is InChI=1S/C11H18O2/c1-7(12)11-8(2)13-10-6-4-3-5-9(10)11/h8-11H,3-6H2,1-2H3/t8-,9+,10-,11+/m1/s1. The van der Waals surface area contributed by atoms with E-state index in [1.54, 1.807) is 6.92 Å². The Bertz CT molecular complexity index is 212. The minimum absolute atomic E-state index is 0.158. The predicted molar refractivity (Wildman–Crippen MR) is 50.5 cm³/mol. The molecule has 4 atom stereocenters. The Morgan fingerprint density at radius 2 is 2.00 bits per heavy atom. The SMILES string of the molecule is CC(=O)[C@@H]1[C@H]2CCCC[C@H]2O[C@@H]1C. The van der Waals surface area contributed by atoms with Gasteiger partial charge < -0.3 is 4.74 Å². The van der Waals surface area contributed by atoms with E-state index in [4.69, 9.17) is 4.74 Å². The van der Waals surface area contributed by atoms with E-state index in [0.717, 1.165) is 0 Å². The largest absolute Gasteiger partial charge is 0.374 e. The molecule has 0 N–H and O–H groups in total. The second-order valence-corrected chi connectivity index (χ2v) is 4.46. The van der Waals surface area contributed by atoms with Crippen LogP contribution >= 0.6 is 0 Å². The first-order valence-electron chi connectivity index (χ1n) is 5.36. The van der Waals surface area contributed by atoms with E-state index in [-0.39, 0.29) is 12.0 Å². The van der Waals surface area contributed by atoms with Gasteiger partial charge in [0, 0.05) is 5.92 Å². The van der Waals surface area contributed by atoms with Gasteiger partial charge in [-0.25, -0.2) is 0 Å². The van der Waals surface area contributed by atoms with Gasteiger partial charge in [-0.3, -0.25) is 4.79 Å². The lowest BCUT2D eigenvalue weighted by molar-refractivity contribution is -0.123. The quantitative estimate of drug-likeness (QED) is 0.621. The molecule has 0 aromatic carbocycles. The van der Waals surface area contributed by atoms with Crippen molar-refractivity contribution in [2.24, 2.45) is 11.8 Å². The molecular formula is C11H18O2. The van der Waals surface area contributed by atoms with Gasteiger partial charge in [0.25, 0.3) is 0 Å². The number of hydrogen-bond acceptors (Lipinski definition) is 2. The molecule has 0 unspecified atom stereocenters. The number of carbonyl (C=O) groups excluding carboxylic acids is 1. The van der Waals surface area contributed by atoms with Gasteiger partial charge in [-0.1, -0.05) is 12.8 Å². The summed E-state index contributed by atoms with van der Waals surface area (Å²) in [6.45, 7) is 3.76. The van der Waals surface area contributed by atoms with E-state index in [0.29, 0.717) is 17.8 Å². The maximum atomic E-state index is 11.4. The van der Waals surface area contributed by atoms with Crippen LogP contribution in [-0.4, -0.2) is 18.0 Å². The number of ether oxygens (including phenoxy) is 1. The molecule has 0 aromatic heterocycles. The summed E-state index contributed by atoms with van der Waals surface area (Å²) in [5.41, 5.74) is 0. The molecule has 0 radical (unpaired) electrons. The minimum Gasteiger partial charge on any atom is -0.374 e. The lowest BCUT2D eigenvalue weighted by Gasteiger charge is -2.26. The van der Waals surface area contributed by atoms with Crippen molar-refractivity contribution in [2.45, 2.75) is 51.7 Å². The van der Waals surface area contributed by atoms with Crippen LogP contribution in [0.4, 0.5) is 0 Å². The van der Waals surface area contributed by atoms with Gasteiger partial charge in [0.15, 0.2) is 0 Å². The van der Waals surface area contributed by atoms with Crippen molar-refractivity contribution in [3.05, 3.63) is 0 Å². The highest BCUT2D eigenvalue weighted by atomic mass is 16.5. The van der Waals surface area contributed by atoms with Crippen LogP contribution in [0.2, 0.25) is 0 Å². The van der Waals surface area contributed by atoms with E-state index in [1.807, 2.05) is 6.92 Å². The number of rotatable bonds is 1. The average Bonchev–Trinajstić information content (AvgIpc) is 2.39. The van der Waals surface area contributed by atoms with Gasteiger partial charge in [0.1, 0.15) is 5.78 Å². The Kier molecular flexibility index (Phi) is 2.41. The zero-order valence-corrected chi connectivity index (χ0v) is 8.45. The topological polar surface area (TPSA) is 26.3 Å². The fourth-order valence-electron chi connectivity index (χ4n) is 3.05. The van der Waals surface area contributed by atoms with Gasteiger partial charge in [-0.05, 0) is 32.6 Å². The van der Waals surface area contributed by atoms with E-state index in [1.165, 1.54) is 25.7 Å². The Labute approximate surface area is 79.7 Å². The van der Waals surface area contributed by atoms with Crippen molar-refractivity contribution < 1.29 is 9.53 Å². The molecule has 2 heteroatoms. The number of hydrogen-bond donors (Lipinski definition) is 0. The summed E-state index contributed by atoms with van der Waals surface area (Å²) in [5, 5.41) is 0. The predicted octanol–water partition coefficient (Wildman–Crippen LogP) is 2.17. The van der Waals surface area contributed by atoms with Crippen molar-refractivity contribution in [1.82, 2.24) is 0 Å².